The number of rotatable bonds is 5. The van der Waals surface area contributed by atoms with Crippen molar-refractivity contribution >= 4 is 43.2 Å². The van der Waals surface area contributed by atoms with Crippen molar-refractivity contribution < 1.29 is 26.4 Å². The van der Waals surface area contributed by atoms with Crippen LogP contribution in [0.2, 0.25) is 0 Å². The summed E-state index contributed by atoms with van der Waals surface area (Å²) in [5.41, 5.74) is -0.395. The zero-order valence-corrected chi connectivity index (χ0v) is 17.5. The fourth-order valence-electron chi connectivity index (χ4n) is 2.50. The van der Waals surface area contributed by atoms with E-state index in [2.05, 4.69) is 26.0 Å². The number of carbonyl (C=O) groups excluding carboxylic acids is 1. The van der Waals surface area contributed by atoms with E-state index in [0.717, 1.165) is 16.6 Å². The van der Waals surface area contributed by atoms with Crippen LogP contribution in [0.4, 0.5) is 24.5 Å². The number of hydrogen-bond acceptors (Lipinski definition) is 3. The van der Waals surface area contributed by atoms with Gasteiger partial charge in [-0.1, -0.05) is 22.0 Å². The van der Waals surface area contributed by atoms with Gasteiger partial charge in [-0.2, -0.15) is 13.2 Å². The third-order valence-corrected chi connectivity index (χ3v) is 5.90. The number of carbonyl (C=O) groups is 1. The highest BCUT2D eigenvalue weighted by Gasteiger charge is 2.30. The second-order valence-corrected chi connectivity index (χ2v) is 8.77. The summed E-state index contributed by atoms with van der Waals surface area (Å²) in [5.74, 6) is -0.375. The Morgan fingerprint density at radius 3 is 2.10 bits per heavy atom. The molecule has 0 aliphatic rings. The summed E-state index contributed by atoms with van der Waals surface area (Å²) in [7, 11) is -4.11. The zero-order valence-electron chi connectivity index (χ0n) is 15.1. The molecular weight excluding hydrogens is 485 g/mol. The first-order valence-electron chi connectivity index (χ1n) is 8.42. The van der Waals surface area contributed by atoms with Gasteiger partial charge in [-0.25, -0.2) is 8.42 Å². The molecule has 0 saturated carbocycles. The average Bonchev–Trinajstić information content (AvgIpc) is 2.68. The van der Waals surface area contributed by atoms with E-state index in [1.165, 1.54) is 30.3 Å². The molecule has 156 valence electrons. The van der Waals surface area contributed by atoms with E-state index in [4.69, 9.17) is 0 Å². The molecule has 3 rings (SSSR count). The summed E-state index contributed by atoms with van der Waals surface area (Å²) in [6, 6.07) is 15.8. The predicted molar refractivity (Wildman–Crippen MR) is 111 cm³/mol. The van der Waals surface area contributed by atoms with Gasteiger partial charge in [0.2, 0.25) is 0 Å². The van der Waals surface area contributed by atoms with E-state index >= 15 is 0 Å². The summed E-state index contributed by atoms with van der Waals surface area (Å²) >= 11 is 3.27. The SMILES string of the molecule is O=C(Nc1ccc(S(=O)(=O)Nc2cccc(C(F)(F)F)c2)cc1)c1ccc(Br)cc1. The highest BCUT2D eigenvalue weighted by Crippen LogP contribution is 2.31. The number of sulfonamides is 1. The first-order chi connectivity index (χ1) is 14.0. The Kier molecular flexibility index (Phi) is 6.18. The van der Waals surface area contributed by atoms with Crippen LogP contribution in [0, 0.1) is 0 Å². The molecule has 0 spiro atoms. The lowest BCUT2D eigenvalue weighted by molar-refractivity contribution is -0.137. The lowest BCUT2D eigenvalue weighted by Gasteiger charge is -2.12. The van der Waals surface area contributed by atoms with Gasteiger partial charge in [-0.15, -0.1) is 0 Å². The maximum Gasteiger partial charge on any atom is 0.416 e. The van der Waals surface area contributed by atoms with E-state index < -0.39 is 21.8 Å². The van der Waals surface area contributed by atoms with Gasteiger partial charge in [-0.3, -0.25) is 9.52 Å². The summed E-state index contributed by atoms with van der Waals surface area (Å²) in [4.78, 5) is 12.0. The Morgan fingerprint density at radius 2 is 1.50 bits per heavy atom. The van der Waals surface area contributed by atoms with Crippen molar-refractivity contribution in [2.75, 3.05) is 10.0 Å². The minimum absolute atomic E-state index is 0.165. The molecule has 5 nitrogen and oxygen atoms in total. The van der Waals surface area contributed by atoms with Gasteiger partial charge in [0.05, 0.1) is 10.5 Å². The topological polar surface area (TPSA) is 75.3 Å². The third kappa shape index (κ3) is 5.39. The standard InChI is InChI=1S/C20H14BrF3N2O3S/c21-15-6-4-13(5-7-15)19(27)25-16-8-10-18(11-9-16)30(28,29)26-17-3-1-2-14(12-17)20(22,23)24/h1-12,26H,(H,25,27). The maximum absolute atomic E-state index is 12.8. The molecule has 30 heavy (non-hydrogen) atoms. The summed E-state index contributed by atoms with van der Waals surface area (Å²) < 4.78 is 66.3. The number of nitrogens with one attached hydrogen (secondary N) is 2. The first-order valence-corrected chi connectivity index (χ1v) is 10.7. The average molecular weight is 499 g/mol. The van der Waals surface area contributed by atoms with Crippen molar-refractivity contribution in [1.82, 2.24) is 0 Å². The van der Waals surface area contributed by atoms with Crippen LogP contribution in [-0.4, -0.2) is 14.3 Å². The summed E-state index contributed by atoms with van der Waals surface area (Å²) in [5, 5.41) is 2.64. The Labute approximate surface area is 179 Å². The van der Waals surface area contributed by atoms with Crippen LogP contribution in [0.15, 0.2) is 82.2 Å². The monoisotopic (exact) mass is 498 g/mol. The van der Waals surface area contributed by atoms with Crippen LogP contribution in [0.5, 0.6) is 0 Å². The van der Waals surface area contributed by atoms with Crippen molar-refractivity contribution in [2.24, 2.45) is 0 Å². The van der Waals surface area contributed by atoms with E-state index in [-0.39, 0.29) is 16.5 Å². The van der Waals surface area contributed by atoms with E-state index in [1.807, 2.05) is 0 Å². The fraction of sp³-hybridized carbons (Fsp3) is 0.0500. The van der Waals surface area contributed by atoms with Crippen molar-refractivity contribution in [3.05, 3.63) is 88.4 Å². The van der Waals surface area contributed by atoms with Crippen LogP contribution in [0.25, 0.3) is 0 Å². The Balaban J connectivity index is 1.73. The molecule has 0 unspecified atom stereocenters. The molecule has 0 aromatic heterocycles. The normalized spacial score (nSPS) is 11.7. The number of anilines is 2. The highest BCUT2D eigenvalue weighted by atomic mass is 79.9. The number of benzene rings is 3. The molecule has 0 radical (unpaired) electrons. The van der Waals surface area contributed by atoms with Crippen LogP contribution in [0.3, 0.4) is 0 Å². The Hall–Kier alpha value is -2.85. The summed E-state index contributed by atoms with van der Waals surface area (Å²) in [6.07, 6.45) is -4.59. The minimum Gasteiger partial charge on any atom is -0.322 e. The van der Waals surface area contributed by atoms with Gasteiger partial charge >= 0.3 is 6.18 Å². The maximum atomic E-state index is 12.8. The van der Waals surface area contributed by atoms with Gasteiger partial charge < -0.3 is 5.32 Å². The Morgan fingerprint density at radius 1 is 0.867 bits per heavy atom. The molecule has 0 atom stereocenters. The molecule has 0 heterocycles. The van der Waals surface area contributed by atoms with Crippen molar-refractivity contribution in [3.8, 4) is 0 Å². The van der Waals surface area contributed by atoms with E-state index in [0.29, 0.717) is 17.3 Å². The third-order valence-electron chi connectivity index (χ3n) is 3.97. The van der Waals surface area contributed by atoms with Crippen molar-refractivity contribution in [1.29, 1.82) is 0 Å². The largest absolute Gasteiger partial charge is 0.416 e. The van der Waals surface area contributed by atoms with Gasteiger partial charge in [0.1, 0.15) is 0 Å². The zero-order chi connectivity index (χ0) is 21.9. The molecule has 1 amide bonds. The molecule has 0 aliphatic heterocycles. The minimum atomic E-state index is -4.59. The van der Waals surface area contributed by atoms with Gasteiger partial charge in [0, 0.05) is 21.4 Å². The fourth-order valence-corrected chi connectivity index (χ4v) is 3.81. The van der Waals surface area contributed by atoms with Crippen LogP contribution in [-0.2, 0) is 16.2 Å². The quantitative estimate of drug-likeness (QED) is 0.486. The molecule has 3 aromatic rings. The van der Waals surface area contributed by atoms with E-state index in [9.17, 15) is 26.4 Å². The van der Waals surface area contributed by atoms with Crippen molar-refractivity contribution in [3.63, 3.8) is 0 Å². The first kappa shape index (κ1) is 21.8. The van der Waals surface area contributed by atoms with Crippen LogP contribution < -0.4 is 10.0 Å². The lowest BCUT2D eigenvalue weighted by Crippen LogP contribution is -2.15. The molecule has 0 saturated heterocycles. The molecule has 3 aromatic carbocycles. The second-order valence-electron chi connectivity index (χ2n) is 6.17. The molecule has 2 N–H and O–H groups in total. The highest BCUT2D eigenvalue weighted by molar-refractivity contribution is 9.10. The molecule has 0 fully saturated rings. The van der Waals surface area contributed by atoms with Gasteiger partial charge in [0.25, 0.3) is 15.9 Å². The van der Waals surface area contributed by atoms with Gasteiger partial charge in [-0.05, 0) is 66.7 Å². The summed E-state index contributed by atoms with van der Waals surface area (Å²) in [6.45, 7) is 0. The molecular formula is C20H14BrF3N2O3S. The molecule has 0 aliphatic carbocycles. The number of hydrogen-bond donors (Lipinski definition) is 2. The number of halogens is 4. The molecule has 10 heteroatoms. The van der Waals surface area contributed by atoms with E-state index in [1.54, 1.807) is 24.3 Å². The van der Waals surface area contributed by atoms with Crippen molar-refractivity contribution in [2.45, 2.75) is 11.1 Å². The van der Waals surface area contributed by atoms with Crippen LogP contribution >= 0.6 is 15.9 Å². The lowest BCUT2D eigenvalue weighted by atomic mass is 10.2. The number of amides is 1. The predicted octanol–water partition coefficient (Wildman–Crippen LogP) is 5.52. The van der Waals surface area contributed by atoms with Gasteiger partial charge in [0.15, 0.2) is 0 Å². The second kappa shape index (κ2) is 8.49. The number of alkyl halides is 3. The Bertz CT molecular complexity index is 1160. The smallest absolute Gasteiger partial charge is 0.322 e. The molecule has 0 bridgehead atoms. The van der Waals surface area contributed by atoms with Crippen LogP contribution in [0.1, 0.15) is 15.9 Å².